The standard InChI is InChI=1S/C26H40N4O4S/c1-19(2)34-25(31)30-21-9-10-22(30)16-23(15-21)28-13-11-26(12-14-28)18-29(35(32,33)27(3)4)17-20-7-5-6-8-24(20)26/h5-8,19,21-23H,9-18H2,1-4H3. The summed E-state index contributed by atoms with van der Waals surface area (Å²) in [5.41, 5.74) is 2.32. The molecule has 0 aliphatic carbocycles. The monoisotopic (exact) mass is 504 g/mol. The molecule has 1 aromatic rings. The predicted molar refractivity (Wildman–Crippen MR) is 135 cm³/mol. The van der Waals surface area contributed by atoms with Crippen LogP contribution in [-0.2, 0) is 26.9 Å². The fourth-order valence-electron chi connectivity index (χ4n) is 6.99. The SMILES string of the molecule is CC(C)OC(=O)N1C2CCC1CC(N1CCC3(CC1)CN(S(=O)(=O)N(C)C)Cc1ccccc13)C2. The third kappa shape index (κ3) is 4.49. The second-order valence-electron chi connectivity index (χ2n) is 11.4. The molecule has 1 aromatic carbocycles. The number of nitrogens with zero attached hydrogens (tertiary/aromatic N) is 4. The number of rotatable bonds is 4. The zero-order valence-corrected chi connectivity index (χ0v) is 22.3. The van der Waals surface area contributed by atoms with Crippen LogP contribution in [-0.4, -0.2) is 90.9 Å². The first-order valence-electron chi connectivity index (χ1n) is 13.1. The molecule has 0 aromatic heterocycles. The average Bonchev–Trinajstić information content (AvgIpc) is 3.09. The lowest BCUT2D eigenvalue weighted by atomic mass is 9.69. The second kappa shape index (κ2) is 9.32. The molecule has 4 aliphatic rings. The molecule has 2 unspecified atom stereocenters. The van der Waals surface area contributed by atoms with Crippen molar-refractivity contribution in [3.05, 3.63) is 35.4 Å². The van der Waals surface area contributed by atoms with Crippen molar-refractivity contribution in [2.24, 2.45) is 0 Å². The number of carbonyl (C=O) groups excluding carboxylic acids is 1. The highest BCUT2D eigenvalue weighted by molar-refractivity contribution is 7.86. The Balaban J connectivity index is 1.30. The fourth-order valence-corrected chi connectivity index (χ4v) is 8.16. The number of piperidine rings is 2. The first-order chi connectivity index (χ1) is 16.6. The molecular weight excluding hydrogens is 464 g/mol. The second-order valence-corrected chi connectivity index (χ2v) is 13.5. The largest absolute Gasteiger partial charge is 0.447 e. The van der Waals surface area contributed by atoms with Crippen molar-refractivity contribution in [3.8, 4) is 0 Å². The third-order valence-corrected chi connectivity index (χ3v) is 10.6. The Labute approximate surface area is 210 Å². The molecule has 1 spiro atoms. The molecule has 35 heavy (non-hydrogen) atoms. The van der Waals surface area contributed by atoms with Crippen molar-refractivity contribution in [1.29, 1.82) is 0 Å². The molecule has 3 saturated heterocycles. The van der Waals surface area contributed by atoms with E-state index in [1.165, 1.54) is 9.87 Å². The number of hydrogen-bond donors (Lipinski definition) is 0. The number of fused-ring (bicyclic) bond motifs is 4. The van der Waals surface area contributed by atoms with Gasteiger partial charge in [0.15, 0.2) is 0 Å². The molecule has 194 valence electrons. The maximum absolute atomic E-state index is 13.1. The molecular formula is C26H40N4O4S. The van der Waals surface area contributed by atoms with E-state index in [0.717, 1.165) is 57.2 Å². The van der Waals surface area contributed by atoms with Gasteiger partial charge in [-0.05, 0) is 76.6 Å². The average molecular weight is 505 g/mol. The van der Waals surface area contributed by atoms with Crippen molar-refractivity contribution in [1.82, 2.24) is 18.4 Å². The Morgan fingerprint density at radius 2 is 1.69 bits per heavy atom. The molecule has 1 amide bonds. The molecule has 2 bridgehead atoms. The summed E-state index contributed by atoms with van der Waals surface area (Å²) >= 11 is 0. The smallest absolute Gasteiger partial charge is 0.410 e. The lowest BCUT2D eigenvalue weighted by molar-refractivity contribution is 0.0143. The van der Waals surface area contributed by atoms with Crippen LogP contribution in [0.15, 0.2) is 24.3 Å². The van der Waals surface area contributed by atoms with Crippen LogP contribution in [0, 0.1) is 0 Å². The van der Waals surface area contributed by atoms with E-state index < -0.39 is 10.2 Å². The van der Waals surface area contributed by atoms with Gasteiger partial charge in [0.25, 0.3) is 10.2 Å². The third-order valence-electron chi connectivity index (χ3n) is 8.73. The summed E-state index contributed by atoms with van der Waals surface area (Å²) in [4.78, 5) is 17.3. The molecule has 4 heterocycles. The molecule has 8 nitrogen and oxygen atoms in total. The molecule has 0 saturated carbocycles. The number of likely N-dealkylation sites (tertiary alicyclic amines) is 1. The quantitative estimate of drug-likeness (QED) is 0.630. The molecule has 5 rings (SSSR count). The normalized spacial score (nSPS) is 29.1. The van der Waals surface area contributed by atoms with Gasteiger partial charge in [-0.15, -0.1) is 0 Å². The fraction of sp³-hybridized carbons (Fsp3) is 0.731. The summed E-state index contributed by atoms with van der Waals surface area (Å²) in [7, 11) is -0.250. The first-order valence-corrected chi connectivity index (χ1v) is 14.5. The van der Waals surface area contributed by atoms with Crippen molar-refractivity contribution in [3.63, 3.8) is 0 Å². The lowest BCUT2D eigenvalue weighted by Gasteiger charge is -2.51. The van der Waals surface area contributed by atoms with Crippen molar-refractivity contribution in [2.45, 2.75) is 88.6 Å². The lowest BCUT2D eigenvalue weighted by Crippen LogP contribution is -2.58. The summed E-state index contributed by atoms with van der Waals surface area (Å²) in [6.45, 7) is 6.73. The van der Waals surface area contributed by atoms with Crippen molar-refractivity contribution < 1.29 is 17.9 Å². The summed E-state index contributed by atoms with van der Waals surface area (Å²) in [6, 6.07) is 9.43. The predicted octanol–water partition coefficient (Wildman–Crippen LogP) is 3.18. The first kappa shape index (κ1) is 25.0. The van der Waals surface area contributed by atoms with E-state index in [4.69, 9.17) is 4.74 Å². The van der Waals surface area contributed by atoms with E-state index in [1.54, 1.807) is 18.4 Å². The molecule has 0 radical (unpaired) electrons. The van der Waals surface area contributed by atoms with Gasteiger partial charge < -0.3 is 14.5 Å². The van der Waals surface area contributed by atoms with Crippen molar-refractivity contribution in [2.75, 3.05) is 33.7 Å². The maximum atomic E-state index is 13.1. The summed E-state index contributed by atoms with van der Waals surface area (Å²) in [5.74, 6) is 0. The minimum Gasteiger partial charge on any atom is -0.447 e. The molecule has 4 aliphatic heterocycles. The molecule has 2 atom stereocenters. The number of ether oxygens (including phenoxy) is 1. The Morgan fingerprint density at radius 1 is 1.06 bits per heavy atom. The van der Waals surface area contributed by atoms with Crippen LogP contribution in [0.1, 0.15) is 63.5 Å². The minimum atomic E-state index is -3.48. The Kier molecular flexibility index (Phi) is 6.66. The van der Waals surface area contributed by atoms with Crippen LogP contribution in [0.25, 0.3) is 0 Å². The van der Waals surface area contributed by atoms with Gasteiger partial charge in [0, 0.05) is 50.7 Å². The van der Waals surface area contributed by atoms with Crippen LogP contribution < -0.4 is 0 Å². The maximum Gasteiger partial charge on any atom is 0.410 e. The van der Waals surface area contributed by atoms with Crippen LogP contribution in [0.3, 0.4) is 0 Å². The van der Waals surface area contributed by atoms with Crippen LogP contribution in [0.5, 0.6) is 0 Å². The van der Waals surface area contributed by atoms with E-state index in [0.29, 0.717) is 19.1 Å². The van der Waals surface area contributed by atoms with Gasteiger partial charge in [-0.2, -0.15) is 17.0 Å². The number of benzene rings is 1. The van der Waals surface area contributed by atoms with Gasteiger partial charge >= 0.3 is 6.09 Å². The highest BCUT2D eigenvalue weighted by atomic mass is 32.2. The van der Waals surface area contributed by atoms with E-state index in [9.17, 15) is 13.2 Å². The number of carbonyl (C=O) groups is 1. The van der Waals surface area contributed by atoms with Gasteiger partial charge in [0.2, 0.25) is 0 Å². The van der Waals surface area contributed by atoms with Gasteiger partial charge in [-0.1, -0.05) is 24.3 Å². The van der Waals surface area contributed by atoms with Crippen LogP contribution in [0.2, 0.25) is 0 Å². The number of hydrogen-bond acceptors (Lipinski definition) is 5. The van der Waals surface area contributed by atoms with E-state index in [1.807, 2.05) is 24.8 Å². The summed E-state index contributed by atoms with van der Waals surface area (Å²) < 4.78 is 34.7. The zero-order chi connectivity index (χ0) is 25.0. The van der Waals surface area contributed by atoms with E-state index >= 15 is 0 Å². The molecule has 3 fully saturated rings. The molecule has 9 heteroatoms. The highest BCUT2D eigenvalue weighted by Gasteiger charge is 2.49. The minimum absolute atomic E-state index is 0.0906. The van der Waals surface area contributed by atoms with Crippen LogP contribution in [0.4, 0.5) is 4.79 Å². The topological polar surface area (TPSA) is 73.4 Å². The Bertz CT molecular complexity index is 1040. The van der Waals surface area contributed by atoms with Gasteiger partial charge in [-0.3, -0.25) is 0 Å². The molecule has 0 N–H and O–H groups in total. The van der Waals surface area contributed by atoms with Crippen LogP contribution >= 0.6 is 0 Å². The Morgan fingerprint density at radius 3 is 2.29 bits per heavy atom. The summed E-state index contributed by atoms with van der Waals surface area (Å²) in [5, 5.41) is 0. The number of amides is 1. The van der Waals surface area contributed by atoms with Crippen molar-refractivity contribution >= 4 is 16.3 Å². The van der Waals surface area contributed by atoms with E-state index in [2.05, 4.69) is 23.1 Å². The Hall–Kier alpha value is -1.68. The zero-order valence-electron chi connectivity index (χ0n) is 21.5. The highest BCUT2D eigenvalue weighted by Crippen LogP contribution is 2.45. The van der Waals surface area contributed by atoms with Gasteiger partial charge in [-0.25, -0.2) is 4.79 Å². The van der Waals surface area contributed by atoms with E-state index in [-0.39, 0.29) is 29.7 Å². The van der Waals surface area contributed by atoms with Gasteiger partial charge in [0.1, 0.15) is 0 Å². The van der Waals surface area contributed by atoms with Gasteiger partial charge in [0.05, 0.1) is 6.10 Å². The summed E-state index contributed by atoms with van der Waals surface area (Å²) in [6.07, 6.45) is 5.82.